The number of nitrogens with zero attached hydrogens (tertiary/aromatic N) is 3. The molecule has 1 aromatic carbocycles. The Bertz CT molecular complexity index is 874. The van der Waals surface area contributed by atoms with Crippen LogP contribution < -0.4 is 9.64 Å². The lowest BCUT2D eigenvalue weighted by Crippen LogP contribution is -2.38. The van der Waals surface area contributed by atoms with Crippen LogP contribution in [0.5, 0.6) is 5.75 Å². The molecule has 25 heavy (non-hydrogen) atoms. The van der Waals surface area contributed by atoms with Crippen molar-refractivity contribution < 1.29 is 9.13 Å². The number of hydrogen-bond donors (Lipinski definition) is 0. The van der Waals surface area contributed by atoms with Gasteiger partial charge in [-0.3, -0.25) is 9.97 Å². The molecule has 0 bridgehead atoms. The van der Waals surface area contributed by atoms with E-state index in [0.29, 0.717) is 0 Å². The fraction of sp³-hybridized carbons (Fsp3) is 0.300. The van der Waals surface area contributed by atoms with E-state index in [1.165, 1.54) is 6.07 Å². The van der Waals surface area contributed by atoms with Gasteiger partial charge in [0.2, 0.25) is 0 Å². The number of halogens is 1. The zero-order valence-electron chi connectivity index (χ0n) is 14.2. The van der Waals surface area contributed by atoms with E-state index < -0.39 is 0 Å². The highest BCUT2D eigenvalue weighted by Crippen LogP contribution is 2.29. The molecule has 3 heterocycles. The summed E-state index contributed by atoms with van der Waals surface area (Å²) in [5.41, 5.74) is 2.85. The summed E-state index contributed by atoms with van der Waals surface area (Å²) in [7, 11) is 0. The minimum absolute atomic E-state index is 0.186. The minimum atomic E-state index is -0.230. The van der Waals surface area contributed by atoms with Crippen molar-refractivity contribution >= 4 is 16.6 Å². The van der Waals surface area contributed by atoms with Crippen LogP contribution in [0.15, 0.2) is 48.8 Å². The molecule has 0 saturated carbocycles. The summed E-state index contributed by atoms with van der Waals surface area (Å²) < 4.78 is 19.7. The van der Waals surface area contributed by atoms with Crippen LogP contribution in [0.3, 0.4) is 0 Å². The van der Waals surface area contributed by atoms with Crippen LogP contribution in [0.2, 0.25) is 0 Å². The van der Waals surface area contributed by atoms with Crippen LogP contribution in [0.4, 0.5) is 10.1 Å². The second-order valence-corrected chi connectivity index (χ2v) is 6.43. The summed E-state index contributed by atoms with van der Waals surface area (Å²) in [6.45, 7) is 3.71. The largest absolute Gasteiger partial charge is 0.489 e. The summed E-state index contributed by atoms with van der Waals surface area (Å²) in [5.74, 6) is 0.590. The quantitative estimate of drug-likeness (QED) is 0.720. The van der Waals surface area contributed by atoms with Gasteiger partial charge in [0.15, 0.2) is 0 Å². The van der Waals surface area contributed by atoms with E-state index in [9.17, 15) is 4.39 Å². The molecule has 0 spiro atoms. The van der Waals surface area contributed by atoms with Gasteiger partial charge in [-0.15, -0.1) is 0 Å². The van der Waals surface area contributed by atoms with Gasteiger partial charge in [0.25, 0.3) is 0 Å². The molecule has 2 aromatic heterocycles. The maximum absolute atomic E-state index is 13.6. The molecule has 0 atom stereocenters. The highest BCUT2D eigenvalue weighted by molar-refractivity contribution is 5.91. The number of hydrogen-bond acceptors (Lipinski definition) is 4. The molecule has 3 aromatic rings. The average molecular weight is 337 g/mol. The number of fused-ring (bicyclic) bond motifs is 1. The Kier molecular flexibility index (Phi) is 4.22. The Morgan fingerprint density at radius 2 is 1.92 bits per heavy atom. The number of anilines is 1. The van der Waals surface area contributed by atoms with Crippen LogP contribution in [-0.4, -0.2) is 29.2 Å². The minimum Gasteiger partial charge on any atom is -0.489 e. The Labute approximate surface area is 146 Å². The van der Waals surface area contributed by atoms with Crippen LogP contribution >= 0.6 is 0 Å². The zero-order chi connectivity index (χ0) is 17.2. The molecule has 0 aliphatic carbocycles. The number of pyridine rings is 2. The predicted octanol–water partition coefficient (Wildman–Crippen LogP) is 4.13. The van der Waals surface area contributed by atoms with Crippen molar-refractivity contribution in [1.29, 1.82) is 0 Å². The molecule has 0 N–H and O–H groups in total. The first kappa shape index (κ1) is 15.8. The van der Waals surface area contributed by atoms with Crippen LogP contribution in [0.25, 0.3) is 10.9 Å². The molecule has 0 amide bonds. The van der Waals surface area contributed by atoms with Gasteiger partial charge < -0.3 is 9.64 Å². The van der Waals surface area contributed by atoms with E-state index >= 15 is 0 Å². The fourth-order valence-corrected chi connectivity index (χ4v) is 3.31. The second-order valence-electron chi connectivity index (χ2n) is 6.43. The van der Waals surface area contributed by atoms with Gasteiger partial charge in [-0.25, -0.2) is 4.39 Å². The lowest BCUT2D eigenvalue weighted by atomic mass is 10.1. The molecule has 0 radical (unpaired) electrons. The van der Waals surface area contributed by atoms with E-state index in [2.05, 4.69) is 14.9 Å². The highest BCUT2D eigenvalue weighted by Gasteiger charge is 2.22. The summed E-state index contributed by atoms with van der Waals surface area (Å²) in [6, 6.07) is 10.6. The monoisotopic (exact) mass is 337 g/mol. The maximum Gasteiger partial charge on any atom is 0.138 e. The summed E-state index contributed by atoms with van der Waals surface area (Å²) in [5, 5.41) is 0.865. The summed E-state index contributed by atoms with van der Waals surface area (Å²) >= 11 is 0. The normalized spacial score (nSPS) is 15.5. The fourth-order valence-electron chi connectivity index (χ4n) is 3.31. The SMILES string of the molecule is Cc1ccc(OC2CCN(c3ccnc4ccc(F)cc34)CC2)cn1. The third-order valence-corrected chi connectivity index (χ3v) is 4.65. The van der Waals surface area contributed by atoms with Gasteiger partial charge in [-0.05, 0) is 43.3 Å². The van der Waals surface area contributed by atoms with Gasteiger partial charge in [0, 0.05) is 48.9 Å². The van der Waals surface area contributed by atoms with Crippen molar-refractivity contribution in [2.75, 3.05) is 18.0 Å². The lowest BCUT2D eigenvalue weighted by Gasteiger charge is -2.34. The van der Waals surface area contributed by atoms with Crippen molar-refractivity contribution in [1.82, 2.24) is 9.97 Å². The number of aryl methyl sites for hydroxylation is 1. The van der Waals surface area contributed by atoms with Crippen molar-refractivity contribution in [2.45, 2.75) is 25.9 Å². The van der Waals surface area contributed by atoms with Gasteiger partial charge >= 0.3 is 0 Å². The molecule has 5 heteroatoms. The van der Waals surface area contributed by atoms with E-state index in [0.717, 1.165) is 54.0 Å². The Hall–Kier alpha value is -2.69. The Morgan fingerprint density at radius 3 is 2.68 bits per heavy atom. The number of ether oxygens (including phenoxy) is 1. The van der Waals surface area contributed by atoms with Gasteiger partial charge in [0.05, 0.1) is 11.7 Å². The standard InChI is InChI=1S/C20H20FN3O/c1-14-2-4-17(13-23-14)25-16-7-10-24(11-8-16)20-6-9-22-19-5-3-15(21)12-18(19)20/h2-6,9,12-13,16H,7-8,10-11H2,1H3. The number of aromatic nitrogens is 2. The molecule has 1 aliphatic rings. The third-order valence-electron chi connectivity index (χ3n) is 4.65. The van der Waals surface area contributed by atoms with E-state index in [-0.39, 0.29) is 11.9 Å². The topological polar surface area (TPSA) is 38.2 Å². The van der Waals surface area contributed by atoms with Crippen molar-refractivity contribution in [3.63, 3.8) is 0 Å². The van der Waals surface area contributed by atoms with Gasteiger partial charge in [-0.2, -0.15) is 0 Å². The van der Waals surface area contributed by atoms with Crippen LogP contribution in [0, 0.1) is 12.7 Å². The van der Waals surface area contributed by atoms with E-state index in [1.807, 2.05) is 25.1 Å². The molecular weight excluding hydrogens is 317 g/mol. The molecule has 128 valence electrons. The molecule has 1 aliphatic heterocycles. The Morgan fingerprint density at radius 1 is 1.08 bits per heavy atom. The molecule has 1 fully saturated rings. The summed E-state index contributed by atoms with van der Waals surface area (Å²) in [6.07, 6.45) is 5.60. The molecule has 4 nitrogen and oxygen atoms in total. The number of piperidine rings is 1. The maximum atomic E-state index is 13.6. The van der Waals surface area contributed by atoms with Crippen molar-refractivity contribution in [3.05, 3.63) is 60.3 Å². The van der Waals surface area contributed by atoms with Crippen molar-refractivity contribution in [3.8, 4) is 5.75 Å². The Balaban J connectivity index is 1.47. The van der Waals surface area contributed by atoms with E-state index in [1.54, 1.807) is 24.5 Å². The molecular formula is C20H20FN3O. The predicted molar refractivity (Wildman–Crippen MR) is 96.5 cm³/mol. The first-order valence-electron chi connectivity index (χ1n) is 8.57. The second kappa shape index (κ2) is 6.67. The van der Waals surface area contributed by atoms with E-state index in [4.69, 9.17) is 4.74 Å². The third kappa shape index (κ3) is 3.40. The number of benzene rings is 1. The molecule has 0 unspecified atom stereocenters. The lowest BCUT2D eigenvalue weighted by molar-refractivity contribution is 0.170. The summed E-state index contributed by atoms with van der Waals surface area (Å²) in [4.78, 5) is 10.9. The zero-order valence-corrected chi connectivity index (χ0v) is 14.2. The van der Waals surface area contributed by atoms with Crippen molar-refractivity contribution in [2.24, 2.45) is 0 Å². The highest BCUT2D eigenvalue weighted by atomic mass is 19.1. The first-order valence-corrected chi connectivity index (χ1v) is 8.57. The molecule has 1 saturated heterocycles. The van der Waals surface area contributed by atoms with Crippen LogP contribution in [0.1, 0.15) is 18.5 Å². The first-order chi connectivity index (χ1) is 12.2. The van der Waals surface area contributed by atoms with Gasteiger partial charge in [0.1, 0.15) is 17.7 Å². The number of rotatable bonds is 3. The van der Waals surface area contributed by atoms with Crippen LogP contribution in [-0.2, 0) is 0 Å². The molecule has 4 rings (SSSR count). The smallest absolute Gasteiger partial charge is 0.138 e. The average Bonchev–Trinajstić information content (AvgIpc) is 2.64. The van der Waals surface area contributed by atoms with Gasteiger partial charge in [-0.1, -0.05) is 0 Å².